The molecule has 0 saturated carbocycles. The van der Waals surface area contributed by atoms with Crippen LogP contribution in [0.3, 0.4) is 0 Å². The van der Waals surface area contributed by atoms with Crippen molar-refractivity contribution in [2.24, 2.45) is 0 Å². The zero-order valence-corrected chi connectivity index (χ0v) is 14.9. The minimum atomic E-state index is -0.782. The van der Waals surface area contributed by atoms with Crippen LogP contribution in [0, 0.1) is 0 Å². The van der Waals surface area contributed by atoms with E-state index < -0.39 is 89.9 Å². The van der Waals surface area contributed by atoms with Crippen LogP contribution in [0.15, 0.2) is 66.6 Å². The number of carbonyl (C=O) groups is 1. The number of ether oxygens (including phenoxy) is 2. The highest BCUT2D eigenvalue weighted by molar-refractivity contribution is 5.78. The number of hydrogen-bond donors (Lipinski definition) is 0. The Hall–Kier alpha value is -3.21. The van der Waals surface area contributed by atoms with E-state index in [0.29, 0.717) is 0 Å². The predicted octanol–water partition coefficient (Wildman–Crippen LogP) is 4.53. The molecule has 5 heteroatoms. The molecule has 0 fully saturated rings. The average Bonchev–Trinajstić information content (AvgIpc) is 2.82. The molecule has 3 aromatic rings. The molecule has 0 unspecified atom stereocenters. The number of carbonyl (C=O) groups excluding carboxylic acids is 1. The van der Waals surface area contributed by atoms with Gasteiger partial charge in [-0.2, -0.15) is 0 Å². The maximum atomic E-state index is 12.1. The Balaban J connectivity index is 2.30. The molecule has 0 atom stereocenters. The van der Waals surface area contributed by atoms with E-state index in [2.05, 4.69) is 9.97 Å². The number of esters is 1. The van der Waals surface area contributed by atoms with E-state index in [0.717, 1.165) is 6.20 Å². The third-order valence-electron chi connectivity index (χ3n) is 2.98. The van der Waals surface area contributed by atoms with Gasteiger partial charge >= 0.3 is 5.97 Å². The monoisotopic (exact) mass is 372 g/mol. The second-order valence-corrected chi connectivity index (χ2v) is 6.28. The van der Waals surface area contributed by atoms with E-state index in [1.54, 1.807) is 20.8 Å². The molecule has 0 bridgehead atoms. The van der Waals surface area contributed by atoms with E-state index in [-0.39, 0.29) is 17.1 Å². The van der Waals surface area contributed by atoms with Crippen LogP contribution in [0.5, 0.6) is 5.88 Å². The Bertz CT molecular complexity index is 1370. The highest BCUT2D eigenvalue weighted by Crippen LogP contribution is 2.30. The van der Waals surface area contributed by atoms with Gasteiger partial charge in [0, 0.05) is 11.1 Å². The highest BCUT2D eigenvalue weighted by atomic mass is 16.6. The topological polar surface area (TPSA) is 61.3 Å². The summed E-state index contributed by atoms with van der Waals surface area (Å²) >= 11 is 0. The molecular formula is C22H22N2O3. The lowest BCUT2D eigenvalue weighted by Gasteiger charge is -2.19. The first-order chi connectivity index (χ1) is 17.1. The molecule has 1 heterocycles. The van der Waals surface area contributed by atoms with Gasteiger partial charge in [0.1, 0.15) is 11.3 Å². The average molecular weight is 372 g/mol. The molecule has 0 aliphatic rings. The van der Waals surface area contributed by atoms with E-state index in [4.69, 9.17) is 23.2 Å². The second-order valence-electron chi connectivity index (χ2n) is 6.28. The summed E-state index contributed by atoms with van der Waals surface area (Å²) in [4.78, 5) is 20.4. The smallest absolute Gasteiger partial charge is 0.344 e. The van der Waals surface area contributed by atoms with Crippen molar-refractivity contribution < 1.29 is 28.0 Å². The molecule has 0 amide bonds. The summed E-state index contributed by atoms with van der Waals surface area (Å²) in [5.74, 6) is -1.02. The first-order valence-corrected chi connectivity index (χ1v) is 7.93. The lowest BCUT2D eigenvalue weighted by molar-refractivity contribution is -0.157. The summed E-state index contributed by atoms with van der Waals surface area (Å²) in [6.07, 6.45) is 1.03. The summed E-state index contributed by atoms with van der Waals surface area (Å²) < 4.78 is 91.5. The fourth-order valence-corrected chi connectivity index (χ4v) is 2.04. The Labute approximate surface area is 173 Å². The van der Waals surface area contributed by atoms with Crippen LogP contribution in [-0.4, -0.2) is 28.1 Å². The Kier molecular flexibility index (Phi) is 2.86. The molecule has 138 valence electrons. The zero-order valence-electron chi connectivity index (χ0n) is 24.9. The van der Waals surface area contributed by atoms with Gasteiger partial charge in [-0.1, -0.05) is 60.4 Å². The van der Waals surface area contributed by atoms with Crippen molar-refractivity contribution in [3.8, 4) is 28.4 Å². The second kappa shape index (κ2) is 7.99. The van der Waals surface area contributed by atoms with Gasteiger partial charge in [0.2, 0.25) is 5.88 Å². The number of aromatic nitrogens is 2. The van der Waals surface area contributed by atoms with Gasteiger partial charge in [-0.25, -0.2) is 14.8 Å². The van der Waals surface area contributed by atoms with Crippen molar-refractivity contribution in [1.29, 1.82) is 0 Å². The molecular weight excluding hydrogens is 340 g/mol. The molecule has 0 aliphatic carbocycles. The first kappa shape index (κ1) is 9.65. The Morgan fingerprint density at radius 3 is 2.07 bits per heavy atom. The Morgan fingerprint density at radius 1 is 0.963 bits per heavy atom. The van der Waals surface area contributed by atoms with Crippen LogP contribution < -0.4 is 4.74 Å². The third-order valence-corrected chi connectivity index (χ3v) is 2.98. The number of nitrogens with zero attached hydrogens (tertiary/aromatic N) is 2. The van der Waals surface area contributed by atoms with Crippen LogP contribution in [-0.2, 0) is 9.53 Å². The molecule has 0 N–H and O–H groups in total. The van der Waals surface area contributed by atoms with E-state index in [1.807, 2.05) is 0 Å². The molecule has 2 aromatic carbocycles. The van der Waals surface area contributed by atoms with Crippen molar-refractivity contribution in [2.75, 3.05) is 6.61 Å². The highest BCUT2D eigenvalue weighted by Gasteiger charge is 2.18. The van der Waals surface area contributed by atoms with Gasteiger partial charge in [0.15, 0.2) is 6.61 Å². The number of hydrogen-bond acceptors (Lipinski definition) is 5. The zero-order chi connectivity index (χ0) is 28.0. The van der Waals surface area contributed by atoms with Gasteiger partial charge in [0.25, 0.3) is 0 Å². The molecule has 27 heavy (non-hydrogen) atoms. The summed E-state index contributed by atoms with van der Waals surface area (Å²) in [5.41, 5.74) is -2.32. The molecule has 5 nitrogen and oxygen atoms in total. The quantitative estimate of drug-likeness (QED) is 0.616. The van der Waals surface area contributed by atoms with Crippen LogP contribution in [0.2, 0.25) is 0 Å². The molecule has 0 aliphatic heterocycles. The molecule has 3 rings (SSSR count). The molecule has 1 aromatic heterocycles. The molecule has 0 radical (unpaired) electrons. The summed E-state index contributed by atoms with van der Waals surface area (Å²) in [6.45, 7) is 4.41. The van der Waals surface area contributed by atoms with Gasteiger partial charge in [0.05, 0.1) is 25.6 Å². The minimum absolute atomic E-state index is 0.288. The number of benzene rings is 2. The maximum Gasteiger partial charge on any atom is 0.344 e. The fourth-order valence-electron chi connectivity index (χ4n) is 2.04. The van der Waals surface area contributed by atoms with Crippen LogP contribution >= 0.6 is 0 Å². The van der Waals surface area contributed by atoms with Crippen LogP contribution in [0.4, 0.5) is 0 Å². The van der Waals surface area contributed by atoms with Crippen molar-refractivity contribution in [1.82, 2.24) is 9.97 Å². The van der Waals surface area contributed by atoms with Crippen molar-refractivity contribution in [3.63, 3.8) is 0 Å². The standard InChI is InChI=1S/C22H22N2O3/c1-22(2,3)27-19(25)15-26-18-14-23-20(16-10-6-4-7-11-16)21(24-18)17-12-8-5-9-13-17/h4-14H,15H2,1-3H3/i4D,5D,6D,7D,8D,9D,10D,11D,12D,13D. The maximum absolute atomic E-state index is 12.1. The number of rotatable bonds is 5. The summed E-state index contributed by atoms with van der Waals surface area (Å²) in [7, 11) is 0. The van der Waals surface area contributed by atoms with Crippen LogP contribution in [0.1, 0.15) is 34.5 Å². The predicted molar refractivity (Wildman–Crippen MR) is 104 cm³/mol. The summed E-state index contributed by atoms with van der Waals surface area (Å²) in [6, 6.07) is -6.54. The van der Waals surface area contributed by atoms with Gasteiger partial charge in [-0.15, -0.1) is 0 Å². The lowest BCUT2D eigenvalue weighted by atomic mass is 10.0. The fraction of sp³-hybridized carbons (Fsp3) is 0.227. The minimum Gasteiger partial charge on any atom is -0.465 e. The van der Waals surface area contributed by atoms with Crippen molar-refractivity contribution >= 4 is 5.97 Å². The van der Waals surface area contributed by atoms with E-state index >= 15 is 0 Å². The summed E-state index contributed by atoms with van der Waals surface area (Å²) in [5, 5.41) is 0. The SMILES string of the molecule is [2H]c1c([2H])c([2H])c(-c2ncc(OCC(=O)OC(C)(C)C)nc2-c2c([2H])c([2H])c([2H])c([2H])c2[2H])c([2H])c1[2H]. The lowest BCUT2D eigenvalue weighted by Crippen LogP contribution is -2.27. The van der Waals surface area contributed by atoms with Gasteiger partial charge in [-0.3, -0.25) is 0 Å². The van der Waals surface area contributed by atoms with E-state index in [9.17, 15) is 4.79 Å². The van der Waals surface area contributed by atoms with Crippen LogP contribution in [0.25, 0.3) is 22.5 Å². The van der Waals surface area contributed by atoms with Crippen molar-refractivity contribution in [2.45, 2.75) is 26.4 Å². The first-order valence-electron chi connectivity index (χ1n) is 12.9. The van der Waals surface area contributed by atoms with Gasteiger partial charge < -0.3 is 9.47 Å². The largest absolute Gasteiger partial charge is 0.465 e. The third kappa shape index (κ3) is 5.14. The van der Waals surface area contributed by atoms with Gasteiger partial charge in [-0.05, 0) is 20.8 Å². The normalized spacial score (nSPS) is 16.3. The molecule has 0 spiro atoms. The van der Waals surface area contributed by atoms with E-state index in [1.165, 1.54) is 0 Å². The Morgan fingerprint density at radius 2 is 1.52 bits per heavy atom. The van der Waals surface area contributed by atoms with Crippen molar-refractivity contribution in [3.05, 3.63) is 66.6 Å². The molecule has 0 saturated heterocycles.